The Kier molecular flexibility index (Phi) is 94.3. The fourth-order valence-corrected chi connectivity index (χ4v) is 18.9. The highest BCUT2D eigenvalue weighted by molar-refractivity contribution is 9.93. The molecule has 143 heavy (non-hydrogen) atoms. The Balaban J connectivity index is -0.000000488. The summed E-state index contributed by atoms with van der Waals surface area (Å²) in [5.74, 6) is 7.08. The maximum atomic E-state index is 11.2. The molecule has 0 fully saturated rings. The van der Waals surface area contributed by atoms with Gasteiger partial charge in [-0.05, 0) is 308 Å². The second-order valence-electron chi connectivity index (χ2n) is 27.3. The third kappa shape index (κ3) is 78.5. The summed E-state index contributed by atoms with van der Waals surface area (Å²) >= 11 is 21.5. The lowest BCUT2D eigenvalue weighted by molar-refractivity contribution is -2.00. The van der Waals surface area contributed by atoms with E-state index in [1.807, 2.05) is 176 Å². The third-order valence-corrected chi connectivity index (χ3v) is 30.6. The van der Waals surface area contributed by atoms with Gasteiger partial charge in [-0.3, -0.25) is 13.0 Å². The van der Waals surface area contributed by atoms with Gasteiger partial charge >= 0.3 is 0 Å². The second-order valence-corrected chi connectivity index (χ2v) is 47.4. The number of thioether (sulfide) groups is 5. The van der Waals surface area contributed by atoms with Crippen molar-refractivity contribution in [2.75, 3.05) is 81.3 Å². The summed E-state index contributed by atoms with van der Waals surface area (Å²) in [6, 6.07) is 129. The molecule has 0 saturated carbocycles. The van der Waals surface area contributed by atoms with Crippen molar-refractivity contribution in [2.24, 2.45) is 0 Å². The Labute approximate surface area is 932 Å². The predicted molar refractivity (Wildman–Crippen MR) is 649 cm³/mol. The van der Waals surface area contributed by atoms with Gasteiger partial charge in [-0.2, -0.15) is 8.42 Å². The fraction of sp³-hybridized carbons (Fsp3) is 0.235. The molecule has 0 aliphatic rings. The Morgan fingerprint density at radius 3 is 0.678 bits per heavy atom. The minimum Gasteiger partial charge on any atom is -0.344 e. The van der Waals surface area contributed by atoms with E-state index in [-0.39, 0.29) is 24.5 Å². The van der Waals surface area contributed by atoms with Crippen LogP contribution in [-0.4, -0.2) is 103 Å². The molecule has 0 spiro atoms. The van der Waals surface area contributed by atoms with Gasteiger partial charge < -0.3 is 6.15 Å². The van der Waals surface area contributed by atoms with Crippen LogP contribution in [0.3, 0.4) is 0 Å². The van der Waals surface area contributed by atoms with Crippen LogP contribution in [0, 0.1) is 62.1 Å². The van der Waals surface area contributed by atoms with Gasteiger partial charge in [0.25, 0.3) is 10.1 Å². The number of benzene rings is 14. The standard InChI is InChI=1S/2C15H17S2.C14H15S2.C13H12OS2.C13H12S2.2C8H10S.C7H8OS.C7H8S.C5H4.4C2H6.CH4O3S.CH4.Br2.ClHO4.H3N/c2*1-12-4-6-13(7-5-12)16-14-8-10-15(11-9-14)17(2)3;1-15-12-8-10-14(11-9-12)16(2)13-6-4-3-5-7-13;1-16(14)13-9-7-12(8-10-13)15-11-5-3-2-4-6-11;1-14-11-7-9-13(10-8-11)15-12-5-3-2-4-6-12;2*1-7-3-5-8(9-2)6-4-7;1-9(8)7-5-3-2-4-6-7;1-8-7-5-3-2-4-6-7;1-3-5-4-2;4*1-2;1-5(2,3)4;;1-2;2-1(3,4)5;/h2*4-11H,1-3H3;3-11H,1-2H3;2-10H,1H3;2-10H,1H3;2*3-6H,1-2H3;2-6H,1H3;2-6H,1H3;1H,2H3;4*1-2H3;1H3,(H,2,3,4);1H4;;(H,2,3,4,5);1H3/q3*+1;;;;;;;;;;;;;;;;/p-1. The highest BCUT2D eigenvalue weighted by atomic mass is 80.9. The van der Waals surface area contributed by atoms with E-state index in [2.05, 4.69) is 409 Å². The zero-order chi connectivity index (χ0) is 107. The molecule has 0 aliphatic heterocycles. The molecule has 0 bridgehead atoms. The van der Waals surface area contributed by atoms with Crippen LogP contribution in [0.15, 0.2) is 463 Å². The average Bonchev–Trinajstić information content (AvgIpc) is 0.868. The molecule has 776 valence electrons. The molecule has 0 amide bonds. The zero-order valence-electron chi connectivity index (χ0n) is 86.5. The van der Waals surface area contributed by atoms with E-state index in [9.17, 15) is 16.8 Å². The van der Waals surface area contributed by atoms with Gasteiger partial charge in [0.1, 0.15) is 31.3 Å². The number of aryl methyl sites for hydroxylation is 4. The first-order chi connectivity index (χ1) is 67.5. The maximum Gasteiger partial charge on any atom is 0.261 e. The summed E-state index contributed by atoms with van der Waals surface area (Å²) in [4.78, 5) is 24.2. The van der Waals surface area contributed by atoms with Crippen LogP contribution >= 0.6 is 134 Å². The van der Waals surface area contributed by atoms with Crippen molar-refractivity contribution in [2.45, 2.75) is 190 Å². The molecular formula is C115H148Br2ClNO9S15+2. The Hall–Kier alpha value is -6.34. The summed E-state index contributed by atoms with van der Waals surface area (Å²) in [5.41, 5.74) is 5.28. The van der Waals surface area contributed by atoms with Gasteiger partial charge in [-0.15, -0.1) is 75.5 Å². The van der Waals surface area contributed by atoms with E-state index in [1.165, 1.54) is 105 Å². The van der Waals surface area contributed by atoms with Gasteiger partial charge in [0.2, 0.25) is 0 Å². The van der Waals surface area contributed by atoms with Crippen LogP contribution < -0.4 is 24.8 Å². The fourth-order valence-electron chi connectivity index (χ4n) is 9.77. The summed E-state index contributed by atoms with van der Waals surface area (Å²) in [6.07, 6.45) is 30.6. The molecule has 0 saturated heterocycles. The van der Waals surface area contributed by atoms with Crippen molar-refractivity contribution in [3.05, 3.63) is 392 Å². The Morgan fingerprint density at radius 1 is 0.315 bits per heavy atom. The Morgan fingerprint density at radius 2 is 0.476 bits per heavy atom. The first-order valence-electron chi connectivity index (χ1n) is 44.0. The van der Waals surface area contributed by atoms with Gasteiger partial charge in [0.05, 0.1) is 17.2 Å². The van der Waals surface area contributed by atoms with E-state index in [4.69, 9.17) is 29.6 Å². The molecule has 3 unspecified atom stereocenters. The predicted octanol–water partition coefficient (Wildman–Crippen LogP) is 32.2. The van der Waals surface area contributed by atoms with Crippen LogP contribution in [0.2, 0.25) is 0 Å². The molecule has 3 atom stereocenters. The van der Waals surface area contributed by atoms with Crippen molar-refractivity contribution in [3.8, 4) is 24.2 Å². The number of hydrogen-bond donors (Lipinski definition) is 2. The van der Waals surface area contributed by atoms with Crippen molar-refractivity contribution in [3.63, 3.8) is 0 Å². The number of terminal acetylenes is 1. The highest BCUT2D eigenvalue weighted by Crippen LogP contribution is 2.33. The zero-order valence-corrected chi connectivity index (χ0v) is 103. The number of hydrogen-bond acceptors (Lipinski definition) is 18. The second kappa shape index (κ2) is 93.0. The summed E-state index contributed by atoms with van der Waals surface area (Å²) in [5, 5.41) is 0. The van der Waals surface area contributed by atoms with E-state index in [0.29, 0.717) is 28.0 Å². The summed E-state index contributed by atoms with van der Waals surface area (Å²) in [6.45, 7) is 26.1. The van der Waals surface area contributed by atoms with Crippen molar-refractivity contribution >= 4 is 199 Å². The van der Waals surface area contributed by atoms with Gasteiger partial charge in [0, 0.05) is 158 Å². The highest BCUT2D eigenvalue weighted by Gasteiger charge is 2.18. The molecule has 14 aromatic carbocycles. The minimum atomic E-state index is -4.94. The third-order valence-electron chi connectivity index (χ3n) is 16.6. The molecule has 0 heterocycles. The van der Waals surface area contributed by atoms with Gasteiger partial charge in [-0.25, -0.2) is 18.6 Å². The van der Waals surface area contributed by atoms with E-state index < -0.39 is 42.0 Å². The monoisotopic (exact) mass is 2360 g/mol. The van der Waals surface area contributed by atoms with Gasteiger partial charge in [-0.1, -0.05) is 278 Å². The largest absolute Gasteiger partial charge is 0.344 e. The van der Waals surface area contributed by atoms with Crippen molar-refractivity contribution < 1.29 is 50.3 Å². The SMILES string of the molecule is BrBr.C.C#CC#CC.CC.CC.CC.CC.CS(=O)(=O)O.CS(=O)c1ccc(Sc2ccccc2)cc1.CS(=O)c1ccccc1.CSc1ccc(C)cc1.CSc1ccc(C)cc1.CSc1ccc(Sc2ccccc2)cc1.CSc1ccc([S+](C)c2ccccc2)cc1.CSc1ccccc1.Cc1ccc(Sc2ccc([S+](C)C)cc2)cc1.Cc1ccc(Sc2ccc([S+](C)C)cc2)cc1.N.[O-][Cl+3]([O-])([O-])[O-]. The molecule has 28 heteroatoms. The lowest BCUT2D eigenvalue weighted by Crippen LogP contribution is -2.68. The lowest BCUT2D eigenvalue weighted by Gasteiger charge is -2.17. The van der Waals surface area contributed by atoms with Crippen LogP contribution in [0.4, 0.5) is 0 Å². The average molecular weight is 2360 g/mol. The number of rotatable bonds is 19. The molecule has 0 aliphatic carbocycles. The molecule has 14 rings (SSSR count). The van der Waals surface area contributed by atoms with E-state index >= 15 is 0 Å². The molecule has 0 aromatic heterocycles. The quantitative estimate of drug-likeness (QED) is 0.0333. The Bertz CT molecular complexity index is 5500. The number of halogens is 3. The lowest BCUT2D eigenvalue weighted by atomic mass is 10.2. The van der Waals surface area contributed by atoms with E-state index in [1.54, 1.807) is 102 Å². The first-order valence-corrected chi connectivity index (χ1v) is 69.0. The first kappa shape index (κ1) is 145. The summed E-state index contributed by atoms with van der Waals surface area (Å²) in [7, 11) is -9.44. The topological polar surface area (TPSA) is 216 Å². The van der Waals surface area contributed by atoms with Gasteiger partial charge in [0.15, 0.2) is 19.6 Å². The molecule has 10 nitrogen and oxygen atoms in total. The molecular weight excluding hydrogens is 2220 g/mol. The van der Waals surface area contributed by atoms with Crippen LogP contribution in [-0.2, 0) is 64.4 Å². The smallest absolute Gasteiger partial charge is 0.261 e. The normalized spacial score (nSPS) is 10.1. The van der Waals surface area contributed by atoms with E-state index in [0.717, 1.165) is 9.79 Å². The summed E-state index contributed by atoms with van der Waals surface area (Å²) < 4.78 is 81.8. The van der Waals surface area contributed by atoms with Crippen LogP contribution in [0.25, 0.3) is 0 Å². The van der Waals surface area contributed by atoms with Crippen molar-refractivity contribution in [1.29, 1.82) is 0 Å². The van der Waals surface area contributed by atoms with Crippen LogP contribution in [0.1, 0.15) is 92.0 Å². The molecule has 14 aromatic rings. The molecule has 0 radical (unpaired) electrons. The minimum absolute atomic E-state index is 0. The molecule has 4 N–H and O–H groups in total. The maximum absolute atomic E-state index is 11.2. The van der Waals surface area contributed by atoms with Crippen LogP contribution in [0.5, 0.6) is 0 Å². The van der Waals surface area contributed by atoms with Crippen molar-refractivity contribution in [1.82, 2.24) is 6.15 Å².